The standard InChI is InChI=1S/C9H8ClN7O2S/c1-3-6(17(18)19)7(16-8(10)13-3)20-9-14-4(11)2-5(12)15-9/h2H,1H3,(H4,11,12,14,15). The number of anilines is 2. The van der Waals surface area contributed by atoms with Crippen molar-refractivity contribution in [1.82, 2.24) is 19.9 Å². The summed E-state index contributed by atoms with van der Waals surface area (Å²) in [6.07, 6.45) is 0. The lowest BCUT2D eigenvalue weighted by molar-refractivity contribution is -0.389. The molecule has 0 bridgehead atoms. The second-order valence-electron chi connectivity index (χ2n) is 3.59. The van der Waals surface area contributed by atoms with Crippen molar-refractivity contribution < 1.29 is 4.92 Å². The van der Waals surface area contributed by atoms with Gasteiger partial charge in [-0.3, -0.25) is 10.1 Å². The minimum Gasteiger partial charge on any atom is -0.383 e. The number of hydrogen-bond acceptors (Lipinski definition) is 9. The number of nitrogens with two attached hydrogens (primary N) is 2. The predicted octanol–water partition coefficient (Wildman–Crippen LogP) is 1.45. The van der Waals surface area contributed by atoms with Gasteiger partial charge in [0.25, 0.3) is 0 Å². The Labute approximate surface area is 121 Å². The van der Waals surface area contributed by atoms with Crippen molar-refractivity contribution in [3.8, 4) is 0 Å². The third-order valence-electron chi connectivity index (χ3n) is 2.11. The summed E-state index contributed by atoms with van der Waals surface area (Å²) in [4.78, 5) is 25.9. The number of hydrogen-bond donors (Lipinski definition) is 2. The molecular formula is C9H8ClN7O2S. The highest BCUT2D eigenvalue weighted by Crippen LogP contribution is 2.34. The Kier molecular flexibility index (Phi) is 3.86. The molecular weight excluding hydrogens is 306 g/mol. The third kappa shape index (κ3) is 3.03. The van der Waals surface area contributed by atoms with Gasteiger partial charge in [0.15, 0.2) is 10.2 Å². The van der Waals surface area contributed by atoms with Crippen molar-refractivity contribution in [1.29, 1.82) is 0 Å². The Bertz CT molecular complexity index is 676. The topological polar surface area (TPSA) is 147 Å². The van der Waals surface area contributed by atoms with Gasteiger partial charge in [-0.25, -0.2) is 19.9 Å². The molecule has 0 aliphatic heterocycles. The molecule has 0 saturated carbocycles. The van der Waals surface area contributed by atoms with Gasteiger partial charge in [0.1, 0.15) is 17.3 Å². The van der Waals surface area contributed by atoms with Gasteiger partial charge in [0, 0.05) is 6.07 Å². The molecule has 20 heavy (non-hydrogen) atoms. The van der Waals surface area contributed by atoms with Crippen molar-refractivity contribution in [2.45, 2.75) is 17.1 Å². The Morgan fingerprint density at radius 2 is 1.85 bits per heavy atom. The van der Waals surface area contributed by atoms with Crippen LogP contribution in [0.25, 0.3) is 0 Å². The van der Waals surface area contributed by atoms with E-state index in [4.69, 9.17) is 23.1 Å². The van der Waals surface area contributed by atoms with Crippen LogP contribution < -0.4 is 11.5 Å². The SMILES string of the molecule is Cc1nc(Cl)nc(Sc2nc(N)cc(N)n2)c1[N+](=O)[O-]. The van der Waals surface area contributed by atoms with E-state index < -0.39 is 4.92 Å². The van der Waals surface area contributed by atoms with Gasteiger partial charge >= 0.3 is 5.69 Å². The molecule has 0 radical (unpaired) electrons. The summed E-state index contributed by atoms with van der Waals surface area (Å²) in [5, 5.41) is 11.1. The molecule has 0 saturated heterocycles. The van der Waals surface area contributed by atoms with Crippen LogP contribution in [0.2, 0.25) is 5.28 Å². The van der Waals surface area contributed by atoms with Gasteiger partial charge in [0.05, 0.1) is 4.92 Å². The molecule has 0 spiro atoms. The van der Waals surface area contributed by atoms with Crippen molar-refractivity contribution in [3.05, 3.63) is 27.2 Å². The summed E-state index contributed by atoms with van der Waals surface area (Å²) in [6, 6.07) is 1.37. The van der Waals surface area contributed by atoms with Crippen LogP contribution in [0.15, 0.2) is 16.2 Å². The number of halogens is 1. The number of nitrogens with zero attached hydrogens (tertiary/aromatic N) is 5. The monoisotopic (exact) mass is 313 g/mol. The van der Waals surface area contributed by atoms with E-state index in [1.54, 1.807) is 0 Å². The second kappa shape index (κ2) is 5.43. The molecule has 104 valence electrons. The van der Waals surface area contributed by atoms with Crippen molar-refractivity contribution in [2.75, 3.05) is 11.5 Å². The lowest BCUT2D eigenvalue weighted by Crippen LogP contribution is -2.02. The average Bonchev–Trinajstić information content (AvgIpc) is 2.25. The fraction of sp³-hybridized carbons (Fsp3) is 0.111. The van der Waals surface area contributed by atoms with Crippen molar-refractivity contribution >= 4 is 40.7 Å². The van der Waals surface area contributed by atoms with Gasteiger partial charge < -0.3 is 11.5 Å². The first-order valence-electron chi connectivity index (χ1n) is 5.13. The summed E-state index contributed by atoms with van der Waals surface area (Å²) >= 11 is 6.55. The first-order valence-corrected chi connectivity index (χ1v) is 6.32. The molecule has 11 heteroatoms. The first kappa shape index (κ1) is 14.2. The number of nitrogen functional groups attached to an aromatic ring is 2. The van der Waals surface area contributed by atoms with Crippen LogP contribution >= 0.6 is 23.4 Å². The quantitative estimate of drug-likeness (QED) is 0.371. The van der Waals surface area contributed by atoms with Crippen LogP contribution in [0.5, 0.6) is 0 Å². The zero-order chi connectivity index (χ0) is 14.9. The van der Waals surface area contributed by atoms with E-state index in [0.29, 0.717) is 0 Å². The highest BCUT2D eigenvalue weighted by atomic mass is 35.5. The number of aryl methyl sites for hydroxylation is 1. The minimum absolute atomic E-state index is 0.0255. The zero-order valence-corrected chi connectivity index (χ0v) is 11.6. The summed E-state index contributed by atoms with van der Waals surface area (Å²) < 4.78 is 0. The first-order chi connectivity index (χ1) is 9.36. The van der Waals surface area contributed by atoms with E-state index in [2.05, 4.69) is 19.9 Å². The van der Waals surface area contributed by atoms with Gasteiger partial charge in [-0.2, -0.15) is 0 Å². The number of aromatic nitrogens is 4. The van der Waals surface area contributed by atoms with E-state index in [9.17, 15) is 10.1 Å². The van der Waals surface area contributed by atoms with Crippen LogP contribution in [0, 0.1) is 17.0 Å². The molecule has 2 heterocycles. The van der Waals surface area contributed by atoms with Crippen LogP contribution in [-0.4, -0.2) is 24.9 Å². The van der Waals surface area contributed by atoms with Gasteiger partial charge in [0.2, 0.25) is 5.28 Å². The lowest BCUT2D eigenvalue weighted by Gasteiger charge is -2.04. The van der Waals surface area contributed by atoms with Crippen molar-refractivity contribution in [2.24, 2.45) is 0 Å². The maximum Gasteiger partial charge on any atom is 0.322 e. The van der Waals surface area contributed by atoms with E-state index in [1.807, 2.05) is 0 Å². The molecule has 0 amide bonds. The molecule has 0 aliphatic rings. The van der Waals surface area contributed by atoms with E-state index in [-0.39, 0.29) is 38.5 Å². The maximum atomic E-state index is 11.1. The third-order valence-corrected chi connectivity index (χ3v) is 3.13. The van der Waals surface area contributed by atoms with E-state index >= 15 is 0 Å². The molecule has 4 N–H and O–H groups in total. The molecule has 0 unspecified atom stereocenters. The van der Waals surface area contributed by atoms with Crippen LogP contribution in [-0.2, 0) is 0 Å². The second-order valence-corrected chi connectivity index (χ2v) is 4.89. The molecule has 0 atom stereocenters. The fourth-order valence-corrected chi connectivity index (χ4v) is 2.57. The van der Waals surface area contributed by atoms with Gasteiger partial charge in [-0.1, -0.05) is 0 Å². The van der Waals surface area contributed by atoms with Crippen LogP contribution in [0.1, 0.15) is 5.69 Å². The summed E-state index contributed by atoms with van der Waals surface area (Å²) in [7, 11) is 0. The van der Waals surface area contributed by atoms with E-state index in [1.165, 1.54) is 13.0 Å². The highest BCUT2D eigenvalue weighted by Gasteiger charge is 2.23. The Balaban J connectivity index is 2.49. The Morgan fingerprint density at radius 1 is 1.25 bits per heavy atom. The maximum absolute atomic E-state index is 11.1. The molecule has 0 aromatic carbocycles. The predicted molar refractivity (Wildman–Crippen MR) is 73.4 cm³/mol. The minimum atomic E-state index is -0.594. The van der Waals surface area contributed by atoms with Crippen LogP contribution in [0.3, 0.4) is 0 Å². The number of nitro groups is 1. The summed E-state index contributed by atoms with van der Waals surface area (Å²) in [5.74, 6) is 0.305. The fourth-order valence-electron chi connectivity index (χ4n) is 1.38. The smallest absolute Gasteiger partial charge is 0.322 e. The van der Waals surface area contributed by atoms with Crippen molar-refractivity contribution in [3.63, 3.8) is 0 Å². The molecule has 0 fully saturated rings. The van der Waals surface area contributed by atoms with Crippen LogP contribution in [0.4, 0.5) is 17.3 Å². The molecule has 2 aromatic heterocycles. The molecule has 9 nitrogen and oxygen atoms in total. The van der Waals surface area contributed by atoms with Gasteiger partial charge in [-0.15, -0.1) is 0 Å². The number of rotatable bonds is 3. The highest BCUT2D eigenvalue weighted by molar-refractivity contribution is 7.99. The van der Waals surface area contributed by atoms with E-state index in [0.717, 1.165) is 11.8 Å². The average molecular weight is 314 g/mol. The largest absolute Gasteiger partial charge is 0.383 e. The summed E-state index contributed by atoms with van der Waals surface area (Å²) in [5.41, 5.74) is 11.0. The van der Waals surface area contributed by atoms with Gasteiger partial charge in [-0.05, 0) is 30.3 Å². The zero-order valence-electron chi connectivity index (χ0n) is 10.1. The Hall–Kier alpha value is -2.20. The lowest BCUT2D eigenvalue weighted by atomic mass is 10.4. The summed E-state index contributed by atoms with van der Waals surface area (Å²) in [6.45, 7) is 1.46. The Morgan fingerprint density at radius 3 is 2.40 bits per heavy atom. The molecule has 2 aromatic rings. The normalized spacial score (nSPS) is 10.5. The molecule has 0 aliphatic carbocycles. The molecule has 2 rings (SSSR count).